The van der Waals surface area contributed by atoms with E-state index in [0.29, 0.717) is 25.1 Å². The summed E-state index contributed by atoms with van der Waals surface area (Å²) in [6.07, 6.45) is 1.42. The van der Waals surface area contributed by atoms with Gasteiger partial charge in [0.1, 0.15) is 6.10 Å². The predicted molar refractivity (Wildman–Crippen MR) is 99.3 cm³/mol. The van der Waals surface area contributed by atoms with Gasteiger partial charge in [0.25, 0.3) is 5.91 Å². The lowest BCUT2D eigenvalue weighted by atomic mass is 10.2. The molecule has 25 heavy (non-hydrogen) atoms. The summed E-state index contributed by atoms with van der Waals surface area (Å²) in [5.41, 5.74) is 5.96. The molecule has 0 aliphatic carbocycles. The van der Waals surface area contributed by atoms with Gasteiger partial charge in [-0.15, -0.1) is 12.4 Å². The number of amides is 1. The number of halogens is 1. The highest BCUT2D eigenvalue weighted by molar-refractivity contribution is 7.89. The summed E-state index contributed by atoms with van der Waals surface area (Å²) in [5, 5.41) is 2.71. The third-order valence-corrected chi connectivity index (χ3v) is 5.63. The molecule has 4 N–H and O–H groups in total. The Morgan fingerprint density at radius 2 is 2.12 bits per heavy atom. The van der Waals surface area contributed by atoms with Crippen LogP contribution in [0.2, 0.25) is 0 Å². The first-order valence-electron chi connectivity index (χ1n) is 8.14. The second-order valence-corrected chi connectivity index (χ2v) is 7.72. The van der Waals surface area contributed by atoms with Crippen LogP contribution in [-0.2, 0) is 19.6 Å². The van der Waals surface area contributed by atoms with Gasteiger partial charge in [-0.25, -0.2) is 13.1 Å². The van der Waals surface area contributed by atoms with Gasteiger partial charge in [-0.2, -0.15) is 0 Å². The van der Waals surface area contributed by atoms with Crippen LogP contribution in [-0.4, -0.2) is 39.1 Å². The highest BCUT2D eigenvalue weighted by Crippen LogP contribution is 2.21. The Labute approximate surface area is 155 Å². The van der Waals surface area contributed by atoms with E-state index < -0.39 is 16.1 Å². The molecule has 1 saturated heterocycles. The number of rotatable bonds is 7. The lowest BCUT2D eigenvalue weighted by molar-refractivity contribution is -0.126. The van der Waals surface area contributed by atoms with Crippen molar-refractivity contribution in [2.24, 2.45) is 5.73 Å². The number of carbonyl (C=O) groups excluding carboxylic acids is 1. The minimum atomic E-state index is -3.61. The van der Waals surface area contributed by atoms with E-state index in [1.165, 1.54) is 12.1 Å². The van der Waals surface area contributed by atoms with Gasteiger partial charge in [0, 0.05) is 18.3 Å². The van der Waals surface area contributed by atoms with Crippen molar-refractivity contribution in [3.05, 3.63) is 24.3 Å². The van der Waals surface area contributed by atoms with Gasteiger partial charge in [0.05, 0.1) is 11.0 Å². The van der Waals surface area contributed by atoms with Crippen LogP contribution in [0.5, 0.6) is 0 Å². The van der Waals surface area contributed by atoms with E-state index in [1.807, 2.05) is 6.92 Å². The van der Waals surface area contributed by atoms with Crippen molar-refractivity contribution in [3.8, 4) is 0 Å². The molecule has 0 bridgehead atoms. The number of nitrogens with two attached hydrogens (primary N) is 1. The first-order valence-corrected chi connectivity index (χ1v) is 9.62. The normalized spacial score (nSPS) is 21.4. The molecular weight excluding hydrogens is 366 g/mol. The van der Waals surface area contributed by atoms with Gasteiger partial charge in [0.15, 0.2) is 0 Å². The second kappa shape index (κ2) is 9.49. The van der Waals surface area contributed by atoms with Gasteiger partial charge < -0.3 is 15.8 Å². The average molecular weight is 392 g/mol. The Bertz CT molecular complexity index is 684. The molecule has 2 rings (SSSR count). The molecule has 0 aromatic heterocycles. The second-order valence-electron chi connectivity index (χ2n) is 6.01. The smallest absolute Gasteiger partial charge is 0.253 e. The van der Waals surface area contributed by atoms with Crippen molar-refractivity contribution in [2.75, 3.05) is 11.9 Å². The number of nitrogens with one attached hydrogen (secondary N) is 2. The average Bonchev–Trinajstić information content (AvgIpc) is 3.04. The van der Waals surface area contributed by atoms with E-state index >= 15 is 0 Å². The maximum absolute atomic E-state index is 12.3. The highest BCUT2D eigenvalue weighted by atomic mass is 35.5. The SMILES string of the molecule is CCC(C)NS(=O)(=O)c1cccc(NC(=O)[C@@H]2CC[C@H](CN)O2)c1.Cl. The predicted octanol–water partition coefficient (Wildman–Crippen LogP) is 1.63. The monoisotopic (exact) mass is 391 g/mol. The van der Waals surface area contributed by atoms with E-state index in [9.17, 15) is 13.2 Å². The summed E-state index contributed by atoms with van der Waals surface area (Å²) in [7, 11) is -3.61. The molecule has 1 aromatic carbocycles. The molecule has 7 nitrogen and oxygen atoms in total. The zero-order valence-electron chi connectivity index (χ0n) is 14.4. The Hall–Kier alpha value is -1.19. The Kier molecular flexibility index (Phi) is 8.30. The summed E-state index contributed by atoms with van der Waals surface area (Å²) in [5.74, 6) is -0.282. The summed E-state index contributed by atoms with van der Waals surface area (Å²) >= 11 is 0. The van der Waals surface area contributed by atoms with Crippen LogP contribution in [0.3, 0.4) is 0 Å². The fourth-order valence-electron chi connectivity index (χ4n) is 2.45. The molecule has 1 aromatic rings. The van der Waals surface area contributed by atoms with Gasteiger partial charge in [-0.1, -0.05) is 13.0 Å². The molecule has 9 heteroatoms. The van der Waals surface area contributed by atoms with Crippen LogP contribution in [0.1, 0.15) is 33.1 Å². The lowest BCUT2D eigenvalue weighted by Gasteiger charge is -2.15. The van der Waals surface area contributed by atoms with Crippen molar-refractivity contribution in [3.63, 3.8) is 0 Å². The number of sulfonamides is 1. The molecule has 0 radical (unpaired) electrons. The topological polar surface area (TPSA) is 111 Å². The molecule has 142 valence electrons. The number of ether oxygens (including phenoxy) is 1. The molecule has 1 fully saturated rings. The highest BCUT2D eigenvalue weighted by Gasteiger charge is 2.30. The molecule has 3 atom stereocenters. The minimum Gasteiger partial charge on any atom is -0.364 e. The Balaban J connectivity index is 0.00000312. The first kappa shape index (κ1) is 21.9. The number of hydrogen-bond acceptors (Lipinski definition) is 5. The van der Waals surface area contributed by atoms with Gasteiger partial charge >= 0.3 is 0 Å². The van der Waals surface area contributed by atoms with Crippen LogP contribution in [0, 0.1) is 0 Å². The molecule has 1 heterocycles. The van der Waals surface area contributed by atoms with E-state index in [2.05, 4.69) is 10.0 Å². The van der Waals surface area contributed by atoms with Crippen LogP contribution >= 0.6 is 12.4 Å². The standard InChI is InChI=1S/C16H25N3O4S.ClH/c1-3-11(2)19-24(21,22)14-6-4-5-12(9-14)18-16(20)15-8-7-13(10-17)23-15;/h4-6,9,11,13,15,19H,3,7-8,10,17H2,1-2H3,(H,18,20);1H/t11?,13-,15+;/m1./s1. The molecule has 0 saturated carbocycles. The number of hydrogen-bond donors (Lipinski definition) is 3. The molecule has 1 amide bonds. The van der Waals surface area contributed by atoms with E-state index in [0.717, 1.165) is 6.42 Å². The van der Waals surface area contributed by atoms with Gasteiger partial charge in [-0.05, 0) is 44.4 Å². The lowest BCUT2D eigenvalue weighted by Crippen LogP contribution is -2.32. The number of anilines is 1. The number of benzene rings is 1. The van der Waals surface area contributed by atoms with Crippen LogP contribution in [0.25, 0.3) is 0 Å². The zero-order valence-corrected chi connectivity index (χ0v) is 16.0. The molecule has 0 spiro atoms. The van der Waals surface area contributed by atoms with Crippen molar-refractivity contribution >= 4 is 34.0 Å². The zero-order chi connectivity index (χ0) is 17.7. The van der Waals surface area contributed by atoms with Crippen LogP contribution in [0.4, 0.5) is 5.69 Å². The summed E-state index contributed by atoms with van der Waals surface area (Å²) in [6, 6.07) is 6.02. The van der Waals surface area contributed by atoms with Crippen molar-refractivity contribution in [2.45, 2.75) is 56.3 Å². The third-order valence-electron chi connectivity index (χ3n) is 4.04. The Morgan fingerprint density at radius 1 is 1.40 bits per heavy atom. The number of carbonyl (C=O) groups is 1. The Morgan fingerprint density at radius 3 is 2.72 bits per heavy atom. The van der Waals surface area contributed by atoms with E-state index in [1.54, 1.807) is 19.1 Å². The molecule has 1 aliphatic heterocycles. The summed E-state index contributed by atoms with van der Waals surface area (Å²) in [4.78, 5) is 12.3. The van der Waals surface area contributed by atoms with Crippen molar-refractivity contribution in [1.82, 2.24) is 4.72 Å². The van der Waals surface area contributed by atoms with E-state index in [4.69, 9.17) is 10.5 Å². The molecule has 1 unspecified atom stereocenters. The molecular formula is C16H26ClN3O4S. The quantitative estimate of drug-likeness (QED) is 0.654. The first-order chi connectivity index (χ1) is 11.4. The van der Waals surface area contributed by atoms with Crippen molar-refractivity contribution in [1.29, 1.82) is 0 Å². The largest absolute Gasteiger partial charge is 0.364 e. The van der Waals surface area contributed by atoms with Gasteiger partial charge in [0.2, 0.25) is 10.0 Å². The van der Waals surface area contributed by atoms with Crippen LogP contribution in [0.15, 0.2) is 29.2 Å². The maximum Gasteiger partial charge on any atom is 0.253 e. The summed E-state index contributed by atoms with van der Waals surface area (Å²) in [6.45, 7) is 4.09. The van der Waals surface area contributed by atoms with E-state index in [-0.39, 0.29) is 35.4 Å². The third kappa shape index (κ3) is 5.93. The van der Waals surface area contributed by atoms with Gasteiger partial charge in [-0.3, -0.25) is 4.79 Å². The fourth-order valence-corrected chi connectivity index (χ4v) is 3.82. The maximum atomic E-state index is 12.3. The molecule has 1 aliphatic rings. The van der Waals surface area contributed by atoms with Crippen LogP contribution < -0.4 is 15.8 Å². The summed E-state index contributed by atoms with van der Waals surface area (Å²) < 4.78 is 32.8. The van der Waals surface area contributed by atoms with Crippen molar-refractivity contribution < 1.29 is 17.9 Å². The fraction of sp³-hybridized carbons (Fsp3) is 0.562. The minimum absolute atomic E-state index is 0.